The first-order chi connectivity index (χ1) is 8.20. The number of carbonyl (C=O) groups excluding carboxylic acids is 2. The van der Waals surface area contributed by atoms with Gasteiger partial charge in [-0.05, 0) is 25.1 Å². The molecule has 0 radical (unpaired) electrons. The average Bonchev–Trinajstić information content (AvgIpc) is 2.13. The topological polar surface area (TPSA) is 166 Å². The van der Waals surface area contributed by atoms with Crippen LogP contribution in [0.2, 0.25) is 0 Å². The number of carbonyl (C=O) groups is 2. The van der Waals surface area contributed by atoms with Gasteiger partial charge in [0.15, 0.2) is 0 Å². The number of hydrogen-bond acceptors (Lipinski definition) is 6. The van der Waals surface area contributed by atoms with Gasteiger partial charge in [0.05, 0.1) is 17.0 Å². The van der Waals surface area contributed by atoms with E-state index in [4.69, 9.17) is 5.73 Å². The van der Waals surface area contributed by atoms with Crippen LogP contribution >= 0.6 is 0 Å². The predicted octanol–water partition coefficient (Wildman–Crippen LogP) is 0.467. The third-order valence-corrected chi connectivity index (χ3v) is 2.85. The number of ketones is 1. The van der Waals surface area contributed by atoms with Crippen molar-refractivity contribution in [3.63, 3.8) is 0 Å². The summed E-state index contributed by atoms with van der Waals surface area (Å²) < 4.78 is 32.9. The summed E-state index contributed by atoms with van der Waals surface area (Å²) in [6.45, 7) is 1.21. The summed E-state index contributed by atoms with van der Waals surface area (Å²) >= 11 is 0. The first kappa shape index (κ1) is 17.0. The van der Waals surface area contributed by atoms with E-state index in [9.17, 15) is 22.6 Å². The first-order valence-corrected chi connectivity index (χ1v) is 6.25. The maximum Gasteiger partial charge on any atom is 0.231 e. The molecule has 0 aliphatic heterocycles. The van der Waals surface area contributed by atoms with Crippen LogP contribution in [0.15, 0.2) is 23.1 Å². The zero-order chi connectivity index (χ0) is 13.9. The maximum absolute atomic E-state index is 11.3. The van der Waals surface area contributed by atoms with E-state index in [1.54, 1.807) is 0 Å². The Morgan fingerprint density at radius 3 is 2.42 bits per heavy atom. The normalized spacial score (nSPS) is 10.4. The number of nitrogen functional groups attached to an aromatic ring is 1. The molecule has 0 unspecified atom stereocenters. The van der Waals surface area contributed by atoms with Crippen LogP contribution in [0.1, 0.15) is 13.3 Å². The Hall–Kier alpha value is -1.97. The van der Waals surface area contributed by atoms with E-state index in [0.717, 1.165) is 12.1 Å². The molecule has 0 atom stereocenters. The second kappa shape index (κ2) is 6.27. The van der Waals surface area contributed by atoms with Crippen molar-refractivity contribution in [3.8, 4) is 0 Å². The molecular formula is C10H15N3O5S. The number of Topliss-reactive ketones (excluding diaryl/α,β-unsaturated/α-hetero) is 1. The molecule has 1 amide bonds. The summed E-state index contributed by atoms with van der Waals surface area (Å²) in [5.41, 5.74) is 5.39. The molecule has 0 heterocycles. The lowest BCUT2D eigenvalue weighted by Crippen LogP contribution is -2.17. The molecule has 19 heavy (non-hydrogen) atoms. The zero-order valence-corrected chi connectivity index (χ0v) is 11.3. The largest absolute Gasteiger partial charge is 0.744 e. The number of hydrogen-bond donors (Lipinski definition) is 3. The van der Waals surface area contributed by atoms with E-state index in [1.807, 2.05) is 0 Å². The summed E-state index contributed by atoms with van der Waals surface area (Å²) in [5.74, 6) is -1.10. The van der Waals surface area contributed by atoms with Crippen LogP contribution in [0.4, 0.5) is 11.4 Å². The van der Waals surface area contributed by atoms with Crippen molar-refractivity contribution in [1.29, 1.82) is 0 Å². The minimum atomic E-state index is -4.73. The zero-order valence-electron chi connectivity index (χ0n) is 10.5. The molecule has 1 aromatic carbocycles. The van der Waals surface area contributed by atoms with Gasteiger partial charge in [-0.2, -0.15) is 0 Å². The molecule has 9 heteroatoms. The van der Waals surface area contributed by atoms with E-state index >= 15 is 0 Å². The fraction of sp³-hybridized carbons (Fsp3) is 0.200. The lowest BCUT2D eigenvalue weighted by atomic mass is 10.2. The summed E-state index contributed by atoms with van der Waals surface area (Å²) in [7, 11) is -4.73. The van der Waals surface area contributed by atoms with Gasteiger partial charge in [0.25, 0.3) is 0 Å². The van der Waals surface area contributed by atoms with Crippen LogP contribution in [-0.2, 0) is 19.7 Å². The summed E-state index contributed by atoms with van der Waals surface area (Å²) in [5, 5.41) is 2.17. The van der Waals surface area contributed by atoms with Gasteiger partial charge in [-0.25, -0.2) is 8.42 Å². The minimum absolute atomic E-state index is 0. The Morgan fingerprint density at radius 1 is 1.37 bits per heavy atom. The van der Waals surface area contributed by atoms with Crippen LogP contribution in [0.5, 0.6) is 0 Å². The van der Waals surface area contributed by atoms with E-state index in [2.05, 4.69) is 5.32 Å². The molecule has 0 bridgehead atoms. The number of nitrogens with one attached hydrogen (secondary N) is 1. The summed E-state index contributed by atoms with van der Waals surface area (Å²) in [4.78, 5) is 21.5. The fourth-order valence-electron chi connectivity index (χ4n) is 1.28. The Morgan fingerprint density at radius 2 is 1.95 bits per heavy atom. The fourth-order valence-corrected chi connectivity index (χ4v) is 1.90. The number of amides is 1. The van der Waals surface area contributed by atoms with Crippen molar-refractivity contribution in [1.82, 2.24) is 6.15 Å². The monoisotopic (exact) mass is 289 g/mol. The van der Waals surface area contributed by atoms with Gasteiger partial charge < -0.3 is 21.8 Å². The Bertz CT molecular complexity index is 597. The number of anilines is 2. The molecule has 8 nitrogen and oxygen atoms in total. The molecule has 0 spiro atoms. The first-order valence-electron chi connectivity index (χ1n) is 4.85. The molecule has 1 rings (SSSR count). The van der Waals surface area contributed by atoms with Gasteiger partial charge in [0.1, 0.15) is 15.9 Å². The van der Waals surface area contributed by atoms with Crippen molar-refractivity contribution in [2.24, 2.45) is 0 Å². The van der Waals surface area contributed by atoms with Crippen LogP contribution < -0.4 is 17.2 Å². The van der Waals surface area contributed by atoms with Crippen LogP contribution in [0.25, 0.3) is 0 Å². The summed E-state index contributed by atoms with van der Waals surface area (Å²) in [6.07, 6.45) is -0.410. The highest BCUT2D eigenvalue weighted by atomic mass is 32.2. The molecule has 0 saturated heterocycles. The minimum Gasteiger partial charge on any atom is -0.744 e. The Kier molecular flexibility index (Phi) is 5.62. The molecule has 1 aromatic rings. The second-order valence-electron chi connectivity index (χ2n) is 3.64. The highest BCUT2D eigenvalue weighted by Gasteiger charge is 2.13. The standard InChI is InChI=1S/C10H12N2O5S.H3N/c1-6(13)4-10(14)12-8-5-7(11)2-3-9(8)18(15,16)17;/h2-3,5H,4,11H2,1H3,(H,12,14)(H,15,16,17);1H3. The number of rotatable bonds is 4. The van der Waals surface area contributed by atoms with E-state index < -0.39 is 27.3 Å². The Labute approximate surface area is 110 Å². The highest BCUT2D eigenvalue weighted by molar-refractivity contribution is 7.86. The van der Waals surface area contributed by atoms with Crippen LogP contribution in [0.3, 0.4) is 0 Å². The highest BCUT2D eigenvalue weighted by Crippen LogP contribution is 2.23. The maximum atomic E-state index is 11.3. The smallest absolute Gasteiger partial charge is 0.231 e. The quantitative estimate of drug-likeness (QED) is 0.413. The van der Waals surface area contributed by atoms with Crippen molar-refractivity contribution >= 4 is 33.2 Å². The van der Waals surface area contributed by atoms with E-state index in [0.29, 0.717) is 0 Å². The van der Waals surface area contributed by atoms with E-state index in [-0.39, 0.29) is 23.3 Å². The lowest BCUT2D eigenvalue weighted by Gasteiger charge is -2.14. The Balaban J connectivity index is 0.00000324. The molecular weight excluding hydrogens is 274 g/mol. The molecule has 7 N–H and O–H groups in total. The van der Waals surface area contributed by atoms with Gasteiger partial charge in [-0.1, -0.05) is 0 Å². The van der Waals surface area contributed by atoms with Gasteiger partial charge in [0, 0.05) is 5.69 Å². The predicted molar refractivity (Wildman–Crippen MR) is 68.7 cm³/mol. The summed E-state index contributed by atoms with van der Waals surface area (Å²) in [6, 6.07) is 3.37. The molecule has 0 aliphatic carbocycles. The second-order valence-corrected chi connectivity index (χ2v) is 4.98. The average molecular weight is 289 g/mol. The number of quaternary nitrogens is 1. The van der Waals surface area contributed by atoms with E-state index in [1.165, 1.54) is 13.0 Å². The molecule has 106 valence electrons. The molecule has 0 aromatic heterocycles. The number of nitrogens with two attached hydrogens (primary N) is 1. The molecule has 0 aliphatic rings. The van der Waals surface area contributed by atoms with Gasteiger partial charge in [-0.3, -0.25) is 9.59 Å². The lowest BCUT2D eigenvalue weighted by molar-refractivity contribution is -0.124. The van der Waals surface area contributed by atoms with Gasteiger partial charge in [0.2, 0.25) is 5.91 Å². The number of benzene rings is 1. The van der Waals surface area contributed by atoms with Gasteiger partial charge in [-0.15, -0.1) is 0 Å². The van der Waals surface area contributed by atoms with Gasteiger partial charge >= 0.3 is 0 Å². The molecule has 0 saturated carbocycles. The van der Waals surface area contributed by atoms with Crippen LogP contribution in [0, 0.1) is 0 Å². The third-order valence-electron chi connectivity index (χ3n) is 1.96. The van der Waals surface area contributed by atoms with Crippen molar-refractivity contribution in [2.75, 3.05) is 11.1 Å². The van der Waals surface area contributed by atoms with Crippen LogP contribution in [-0.4, -0.2) is 24.7 Å². The third kappa shape index (κ3) is 5.04. The SMILES string of the molecule is CC(=O)CC(=O)Nc1cc(N)ccc1S(=O)(=O)[O-].[NH4+]. The van der Waals surface area contributed by atoms with Crippen molar-refractivity contribution < 1.29 is 22.6 Å². The van der Waals surface area contributed by atoms with Crippen molar-refractivity contribution in [2.45, 2.75) is 18.2 Å². The molecule has 0 fully saturated rings. The van der Waals surface area contributed by atoms with Crippen molar-refractivity contribution in [3.05, 3.63) is 18.2 Å².